The van der Waals surface area contributed by atoms with E-state index in [0.717, 1.165) is 11.3 Å². The molecule has 0 N–H and O–H groups in total. The normalized spacial score (nSPS) is 16.3. The van der Waals surface area contributed by atoms with Gasteiger partial charge in [0.25, 0.3) is 0 Å². The van der Waals surface area contributed by atoms with Crippen molar-refractivity contribution in [1.29, 1.82) is 0 Å². The molecule has 1 aromatic rings. The third kappa shape index (κ3) is 1.54. The summed E-state index contributed by atoms with van der Waals surface area (Å²) in [4.78, 5) is 2.18. The van der Waals surface area contributed by atoms with E-state index >= 15 is 0 Å². The first-order valence-electron chi connectivity index (χ1n) is 3.73. The molecule has 0 saturated heterocycles. The lowest BCUT2D eigenvalue weighted by Gasteiger charge is -2.04. The Hall–Kier alpha value is -0.730. The summed E-state index contributed by atoms with van der Waals surface area (Å²) in [6.45, 7) is 0. The fourth-order valence-electron chi connectivity index (χ4n) is 1.12. The van der Waals surface area contributed by atoms with Gasteiger partial charge in [0.2, 0.25) is 0 Å². The minimum atomic E-state index is 0.907. The third-order valence-corrected chi connectivity index (χ3v) is 2.81. The van der Waals surface area contributed by atoms with E-state index in [2.05, 4.69) is 24.3 Å². The molecule has 1 heterocycles. The molecule has 0 nitrogen and oxygen atoms in total. The van der Waals surface area contributed by atoms with E-state index in [4.69, 9.17) is 12.2 Å². The molecule has 2 rings (SSSR count). The van der Waals surface area contributed by atoms with Crippen molar-refractivity contribution < 1.29 is 0 Å². The largest absolute Gasteiger partial charge is 0.143 e. The predicted molar refractivity (Wildman–Crippen MR) is 57.5 cm³/mol. The van der Waals surface area contributed by atoms with Gasteiger partial charge in [0.05, 0.1) is 0 Å². The molecule has 0 spiro atoms. The second-order valence-corrected chi connectivity index (χ2v) is 4.01. The van der Waals surface area contributed by atoms with Crippen molar-refractivity contribution in [3.63, 3.8) is 0 Å². The molecule has 0 saturated carbocycles. The van der Waals surface area contributed by atoms with Crippen molar-refractivity contribution in [2.24, 2.45) is 0 Å². The van der Waals surface area contributed by atoms with Gasteiger partial charge in [0, 0.05) is 22.2 Å². The van der Waals surface area contributed by atoms with Crippen molar-refractivity contribution in [2.45, 2.75) is 6.42 Å². The van der Waals surface area contributed by atoms with Crippen LogP contribution >= 0.6 is 23.6 Å². The lowest BCUT2D eigenvalue weighted by atomic mass is 10.1. The molecule has 0 aliphatic heterocycles. The Labute approximate surface area is 81.2 Å². The number of hydrogen-bond acceptors (Lipinski definition) is 2. The molecule has 2 heteroatoms. The van der Waals surface area contributed by atoms with Crippen molar-refractivity contribution in [3.8, 4) is 0 Å². The van der Waals surface area contributed by atoms with E-state index in [-0.39, 0.29) is 0 Å². The Morgan fingerprint density at radius 3 is 3.08 bits per heavy atom. The van der Waals surface area contributed by atoms with Crippen LogP contribution in [0.25, 0.3) is 5.57 Å². The van der Waals surface area contributed by atoms with E-state index in [1.54, 1.807) is 11.3 Å². The highest BCUT2D eigenvalue weighted by Crippen LogP contribution is 2.23. The van der Waals surface area contributed by atoms with Crippen LogP contribution in [0.4, 0.5) is 0 Å². The van der Waals surface area contributed by atoms with Gasteiger partial charge in [-0.25, -0.2) is 0 Å². The number of hydrogen-bond donors (Lipinski definition) is 0. The molecular weight excluding hydrogens is 184 g/mol. The van der Waals surface area contributed by atoms with Crippen LogP contribution in [-0.4, -0.2) is 4.86 Å². The number of allylic oxidation sites excluding steroid dienone is 4. The second kappa shape index (κ2) is 3.33. The van der Waals surface area contributed by atoms with E-state index in [1.807, 2.05) is 11.4 Å². The van der Waals surface area contributed by atoms with Crippen molar-refractivity contribution >= 4 is 34.0 Å². The zero-order valence-corrected chi connectivity index (χ0v) is 8.04. The van der Waals surface area contributed by atoms with Gasteiger partial charge < -0.3 is 0 Å². The van der Waals surface area contributed by atoms with E-state index in [9.17, 15) is 0 Å². The molecule has 0 bridgehead atoms. The zero-order chi connectivity index (χ0) is 8.39. The molecule has 0 fully saturated rings. The molecular formula is C10H7S2. The van der Waals surface area contributed by atoms with Crippen molar-refractivity contribution in [3.05, 3.63) is 40.6 Å². The van der Waals surface area contributed by atoms with E-state index in [0.29, 0.717) is 0 Å². The summed E-state index contributed by atoms with van der Waals surface area (Å²) in [6.07, 6.45) is 7.17. The predicted octanol–water partition coefficient (Wildman–Crippen LogP) is 3.26. The third-order valence-electron chi connectivity index (χ3n) is 1.66. The molecule has 0 aromatic carbocycles. The molecule has 0 atom stereocenters. The average Bonchev–Trinajstić information content (AvgIpc) is 2.56. The number of rotatable bonds is 1. The molecule has 59 valence electrons. The molecule has 1 aromatic heterocycles. The van der Waals surface area contributed by atoms with Crippen molar-refractivity contribution in [2.75, 3.05) is 0 Å². The fourth-order valence-corrected chi connectivity index (χ4v) is 2.02. The van der Waals surface area contributed by atoms with Crippen LogP contribution in [0.5, 0.6) is 0 Å². The summed E-state index contributed by atoms with van der Waals surface area (Å²) in [5, 5.41) is 2.03. The van der Waals surface area contributed by atoms with Gasteiger partial charge >= 0.3 is 0 Å². The lowest BCUT2D eigenvalue weighted by molar-refractivity contribution is 1.51. The van der Waals surface area contributed by atoms with Gasteiger partial charge in [0.1, 0.15) is 0 Å². The van der Waals surface area contributed by atoms with Gasteiger partial charge in [-0.1, -0.05) is 24.4 Å². The summed E-state index contributed by atoms with van der Waals surface area (Å²) in [7, 11) is 0. The molecule has 1 aliphatic carbocycles. The van der Waals surface area contributed by atoms with Crippen LogP contribution < -0.4 is 0 Å². The molecule has 1 aliphatic rings. The Morgan fingerprint density at radius 1 is 1.50 bits per heavy atom. The van der Waals surface area contributed by atoms with E-state index in [1.165, 1.54) is 10.5 Å². The summed E-state index contributed by atoms with van der Waals surface area (Å²) in [6, 6.07) is 5.10. The monoisotopic (exact) mass is 191 g/mol. The molecule has 12 heavy (non-hydrogen) atoms. The number of thiocarbonyl (C=S) groups is 1. The SMILES string of the molecule is S=C1C=C(c2[c]ccs2)C=CC1. The topological polar surface area (TPSA) is 0 Å². The van der Waals surface area contributed by atoms with Crippen LogP contribution in [0.3, 0.4) is 0 Å². The van der Waals surface area contributed by atoms with Gasteiger partial charge in [-0.3, -0.25) is 0 Å². The standard InChI is InChI=1S/C10H7S2/c11-9-4-1-3-8(7-9)10-5-2-6-12-10/h1-3,6-7H,4H2. The maximum Gasteiger partial charge on any atom is 0.0421 e. The summed E-state index contributed by atoms with van der Waals surface area (Å²) in [5.41, 5.74) is 1.20. The number of thiophene rings is 1. The maximum absolute atomic E-state index is 5.12. The van der Waals surface area contributed by atoms with Gasteiger partial charge in [-0.05, 0) is 23.1 Å². The zero-order valence-electron chi connectivity index (χ0n) is 6.41. The van der Waals surface area contributed by atoms with Crippen LogP contribution in [-0.2, 0) is 0 Å². The summed E-state index contributed by atoms with van der Waals surface area (Å²) < 4.78 is 0. The second-order valence-electron chi connectivity index (χ2n) is 2.57. The minimum Gasteiger partial charge on any atom is -0.143 e. The maximum atomic E-state index is 5.12. The highest BCUT2D eigenvalue weighted by atomic mass is 32.1. The summed E-state index contributed by atoms with van der Waals surface area (Å²) in [5.74, 6) is 0. The Morgan fingerprint density at radius 2 is 2.42 bits per heavy atom. The van der Waals surface area contributed by atoms with E-state index < -0.39 is 0 Å². The average molecular weight is 191 g/mol. The lowest BCUT2D eigenvalue weighted by Crippen LogP contribution is -1.92. The van der Waals surface area contributed by atoms with Crippen molar-refractivity contribution in [1.82, 2.24) is 0 Å². The smallest absolute Gasteiger partial charge is 0.0421 e. The first-order chi connectivity index (χ1) is 5.86. The molecule has 1 radical (unpaired) electrons. The van der Waals surface area contributed by atoms with Gasteiger partial charge in [-0.2, -0.15) is 0 Å². The Bertz CT molecular complexity index is 342. The summed E-state index contributed by atoms with van der Waals surface area (Å²) >= 11 is 6.82. The highest BCUT2D eigenvalue weighted by Gasteiger charge is 2.04. The highest BCUT2D eigenvalue weighted by molar-refractivity contribution is 7.80. The van der Waals surface area contributed by atoms with Gasteiger partial charge in [0.15, 0.2) is 0 Å². The molecule has 0 amide bonds. The quantitative estimate of drug-likeness (QED) is 0.614. The first kappa shape index (κ1) is 7.90. The van der Waals surface area contributed by atoms with Crippen LogP contribution in [0.2, 0.25) is 0 Å². The van der Waals surface area contributed by atoms with Gasteiger partial charge in [-0.15, -0.1) is 11.3 Å². The fraction of sp³-hybridized carbons (Fsp3) is 0.100. The Balaban J connectivity index is 2.36. The Kier molecular flexibility index (Phi) is 2.19. The first-order valence-corrected chi connectivity index (χ1v) is 5.02. The van der Waals surface area contributed by atoms with Crippen LogP contribution in [0.1, 0.15) is 11.3 Å². The molecule has 0 unspecified atom stereocenters. The van der Waals surface area contributed by atoms with Crippen LogP contribution in [0, 0.1) is 6.07 Å². The minimum absolute atomic E-state index is 0.907. The van der Waals surface area contributed by atoms with Crippen LogP contribution in [0.15, 0.2) is 29.7 Å².